The molecule has 3 rings (SSSR count). The van der Waals surface area contributed by atoms with Crippen molar-refractivity contribution in [2.45, 2.75) is 101 Å². The van der Waals surface area contributed by atoms with E-state index in [9.17, 15) is 34.5 Å². The Morgan fingerprint density at radius 3 is 2.22 bits per heavy atom. The van der Waals surface area contributed by atoms with Crippen LogP contribution in [0.25, 0.3) is 0 Å². The van der Waals surface area contributed by atoms with E-state index in [4.69, 9.17) is 28.4 Å². The minimum absolute atomic E-state index is 0.0480. The van der Waals surface area contributed by atoms with Crippen molar-refractivity contribution in [3.05, 3.63) is 60.2 Å². The first-order chi connectivity index (χ1) is 23.1. The van der Waals surface area contributed by atoms with Gasteiger partial charge in [0.2, 0.25) is 17.5 Å². The molecule has 2 heterocycles. The lowest BCUT2D eigenvalue weighted by atomic mass is 9.74. The fourth-order valence-electron chi connectivity index (χ4n) is 6.59. The van der Waals surface area contributed by atoms with Gasteiger partial charge in [-0.3, -0.25) is 0 Å². The van der Waals surface area contributed by atoms with Crippen LogP contribution in [0.2, 0.25) is 0 Å². The van der Waals surface area contributed by atoms with Crippen molar-refractivity contribution in [2.75, 3.05) is 21.3 Å². The molecular weight excluding hydrogens is 640 g/mol. The molecule has 49 heavy (non-hydrogen) atoms. The van der Waals surface area contributed by atoms with Crippen LogP contribution in [0.15, 0.2) is 54.6 Å². The number of methoxy groups -OCH3 is 3. The van der Waals surface area contributed by atoms with Gasteiger partial charge in [0.1, 0.15) is 6.10 Å². The van der Waals surface area contributed by atoms with Gasteiger partial charge < -0.3 is 43.7 Å². The van der Waals surface area contributed by atoms with E-state index in [0.29, 0.717) is 17.9 Å². The van der Waals surface area contributed by atoms with Crippen molar-refractivity contribution >= 4 is 23.9 Å². The first-order valence-electron chi connectivity index (χ1n) is 16.4. The lowest BCUT2D eigenvalue weighted by molar-refractivity contribution is -0.374. The maximum absolute atomic E-state index is 13.7. The number of hydrogen-bond acceptors (Lipinski definition) is 13. The number of ether oxygens (including phenoxy) is 6. The molecule has 3 N–H and O–H groups in total. The average Bonchev–Trinajstić information content (AvgIpc) is 3.31. The molecule has 2 fully saturated rings. The van der Waals surface area contributed by atoms with E-state index < -0.39 is 65.3 Å². The second-order valence-corrected chi connectivity index (χ2v) is 13.1. The highest BCUT2D eigenvalue weighted by Gasteiger charge is 2.86. The Kier molecular flexibility index (Phi) is 13.3. The molecule has 2 aliphatic rings. The number of fused-ring (bicyclic) bond motifs is 2. The maximum Gasteiger partial charge on any atom is 0.346 e. The molecule has 13 heteroatoms. The van der Waals surface area contributed by atoms with Gasteiger partial charge in [-0.2, -0.15) is 0 Å². The third-order valence-electron chi connectivity index (χ3n) is 9.56. The van der Waals surface area contributed by atoms with Gasteiger partial charge in [0.05, 0.1) is 27.4 Å². The van der Waals surface area contributed by atoms with Crippen LogP contribution >= 0.6 is 0 Å². The Morgan fingerprint density at radius 2 is 1.65 bits per heavy atom. The summed E-state index contributed by atoms with van der Waals surface area (Å²) < 4.78 is 32.1. The van der Waals surface area contributed by atoms with Gasteiger partial charge in [-0.25, -0.2) is 19.2 Å². The lowest BCUT2D eigenvalue weighted by Crippen LogP contribution is -2.78. The van der Waals surface area contributed by atoms with Gasteiger partial charge in [0.25, 0.3) is 5.60 Å². The summed E-state index contributed by atoms with van der Waals surface area (Å²) in [7, 11) is 2.73. The fourth-order valence-corrected chi connectivity index (χ4v) is 6.59. The summed E-state index contributed by atoms with van der Waals surface area (Å²) in [5.74, 6) is -7.80. The van der Waals surface area contributed by atoms with E-state index in [0.717, 1.165) is 45.8 Å². The highest BCUT2D eigenvalue weighted by Crippen LogP contribution is 2.56. The van der Waals surface area contributed by atoms with Crippen LogP contribution in [-0.2, 0) is 54.0 Å². The zero-order chi connectivity index (χ0) is 36.7. The monoisotopic (exact) mass is 690 g/mol. The predicted molar refractivity (Wildman–Crippen MR) is 174 cm³/mol. The first-order valence-corrected chi connectivity index (χ1v) is 16.4. The third kappa shape index (κ3) is 7.76. The average molecular weight is 691 g/mol. The standard InChI is InChI=1S/C36H50O13/c1-9-21(2)19-22(3)15-16-26(37)47-29-28(39)34(18-17-23(4)27(38)24(5)20-25-13-11-10-12-14-25)48-30(31(40)44-6)35(43,32(41)45-7)36(29,49-34)33(42)46-8/h10-16,21-22,24,27-30,38-39,43H,4,9,17-20H2,1-3,5-8H3/b16-15+/t21?,22?,24?,27?,28-,29-,30-,34+,35-,36+/m1/s1. The van der Waals surface area contributed by atoms with Crippen molar-refractivity contribution in [1.29, 1.82) is 0 Å². The number of carbonyl (C=O) groups excluding carboxylic acids is 4. The van der Waals surface area contributed by atoms with Gasteiger partial charge >= 0.3 is 23.9 Å². The number of rotatable bonds is 16. The third-order valence-corrected chi connectivity index (χ3v) is 9.56. The fraction of sp³-hybridized carbons (Fsp3) is 0.611. The van der Waals surface area contributed by atoms with E-state index in [-0.39, 0.29) is 24.7 Å². The summed E-state index contributed by atoms with van der Waals surface area (Å²) >= 11 is 0. The van der Waals surface area contributed by atoms with Crippen molar-refractivity contribution in [2.24, 2.45) is 17.8 Å². The number of aliphatic hydroxyl groups is 3. The van der Waals surface area contributed by atoms with Crippen molar-refractivity contribution in [3.8, 4) is 0 Å². The van der Waals surface area contributed by atoms with E-state index in [1.165, 1.54) is 0 Å². The molecule has 0 aromatic heterocycles. The maximum atomic E-state index is 13.7. The predicted octanol–water partition coefficient (Wildman–Crippen LogP) is 2.58. The van der Waals surface area contributed by atoms with Gasteiger partial charge in [-0.15, -0.1) is 0 Å². The summed E-state index contributed by atoms with van der Waals surface area (Å²) in [6.07, 6.45) is -3.23. The molecule has 0 radical (unpaired) electrons. The molecule has 13 nitrogen and oxygen atoms in total. The van der Waals surface area contributed by atoms with E-state index in [2.05, 4.69) is 13.5 Å². The summed E-state index contributed by atoms with van der Waals surface area (Å²) in [6.45, 7) is 11.8. The summed E-state index contributed by atoms with van der Waals surface area (Å²) in [4.78, 5) is 53.5. The zero-order valence-corrected chi connectivity index (χ0v) is 29.2. The molecule has 0 saturated carbocycles. The van der Waals surface area contributed by atoms with Crippen LogP contribution in [0, 0.1) is 17.8 Å². The molecule has 0 aliphatic carbocycles. The Hall–Kier alpha value is -3.62. The van der Waals surface area contributed by atoms with Crippen molar-refractivity contribution in [3.63, 3.8) is 0 Å². The number of carbonyl (C=O) groups is 4. The lowest BCUT2D eigenvalue weighted by Gasteiger charge is -2.49. The van der Waals surface area contributed by atoms with Gasteiger partial charge in [0, 0.05) is 12.5 Å². The first kappa shape index (κ1) is 39.8. The molecule has 2 aliphatic heterocycles. The molecule has 0 amide bonds. The minimum atomic E-state index is -3.39. The molecule has 0 spiro atoms. The Morgan fingerprint density at radius 1 is 1.02 bits per heavy atom. The summed E-state index contributed by atoms with van der Waals surface area (Å²) in [5.41, 5.74) is -5.19. The smallest absolute Gasteiger partial charge is 0.346 e. The van der Waals surface area contributed by atoms with E-state index >= 15 is 0 Å². The molecule has 2 bridgehead atoms. The number of aliphatic hydroxyl groups excluding tert-OH is 2. The SMILES string of the molecule is C=C(CC[C@]12O[C@H](C(=O)OC)[C@@](O)(C(=O)OC)[C@](C(=O)OC)(O1)[C@H](OC(=O)/C=C/C(C)CC(C)CC)[C@H]2O)C(O)C(C)Cc1ccccc1. The van der Waals surface area contributed by atoms with Crippen LogP contribution in [0.5, 0.6) is 0 Å². The Balaban J connectivity index is 2.05. The second-order valence-electron chi connectivity index (χ2n) is 13.1. The molecule has 1 aromatic carbocycles. The Labute approximate surface area is 287 Å². The minimum Gasteiger partial charge on any atom is -0.467 e. The molecule has 10 atom stereocenters. The normalized spacial score (nSPS) is 30.1. The summed E-state index contributed by atoms with van der Waals surface area (Å²) in [5, 5.41) is 35.0. The molecule has 4 unspecified atom stereocenters. The molecule has 272 valence electrons. The van der Waals surface area contributed by atoms with Gasteiger partial charge in [-0.1, -0.05) is 77.1 Å². The number of allylic oxidation sites excluding steroid dienone is 1. The largest absolute Gasteiger partial charge is 0.467 e. The summed E-state index contributed by atoms with van der Waals surface area (Å²) in [6, 6.07) is 9.50. The van der Waals surface area contributed by atoms with Crippen LogP contribution in [0.1, 0.15) is 58.9 Å². The highest BCUT2D eigenvalue weighted by molar-refractivity contribution is 5.99. The number of hydrogen-bond donors (Lipinski definition) is 3. The highest BCUT2D eigenvalue weighted by atomic mass is 16.8. The number of benzene rings is 1. The second kappa shape index (κ2) is 16.4. The van der Waals surface area contributed by atoms with E-state index in [1.807, 2.05) is 51.1 Å². The molecule has 2 saturated heterocycles. The van der Waals surface area contributed by atoms with Crippen LogP contribution in [-0.4, -0.2) is 102 Å². The van der Waals surface area contributed by atoms with Gasteiger partial charge in [0.15, 0.2) is 6.10 Å². The zero-order valence-electron chi connectivity index (χ0n) is 29.2. The molecular formula is C36H50O13. The van der Waals surface area contributed by atoms with Crippen molar-refractivity contribution in [1.82, 2.24) is 0 Å². The van der Waals surface area contributed by atoms with Crippen LogP contribution in [0.4, 0.5) is 0 Å². The number of esters is 4. The molecule has 1 aromatic rings. The van der Waals surface area contributed by atoms with Crippen molar-refractivity contribution < 1.29 is 62.9 Å². The Bertz CT molecular complexity index is 1380. The quantitative estimate of drug-likeness (QED) is 0.0997. The van der Waals surface area contributed by atoms with Crippen LogP contribution < -0.4 is 0 Å². The van der Waals surface area contributed by atoms with Gasteiger partial charge in [-0.05, 0) is 48.2 Å². The van der Waals surface area contributed by atoms with Crippen LogP contribution in [0.3, 0.4) is 0 Å². The van der Waals surface area contributed by atoms with E-state index in [1.54, 1.807) is 6.08 Å². The topological polar surface area (TPSA) is 184 Å².